The maximum Gasteiger partial charge on any atom is 0.152 e. The number of aliphatic hydroxyl groups excluding tert-OH is 1. The zero-order valence-corrected chi connectivity index (χ0v) is 20.5. The van der Waals surface area contributed by atoms with E-state index in [2.05, 4.69) is 26.1 Å². The molecule has 1 atom stereocenters. The number of aliphatic hydroxyl groups is 1. The lowest BCUT2D eigenvalue weighted by Crippen LogP contribution is -2.40. The first kappa shape index (κ1) is 25.7. The number of hydrogen-bond acceptors (Lipinski definition) is 6. The number of unbranched alkanes of at least 4 members (excludes halogenated alkanes) is 1. The molecular formula is C24H33N6O3S+. The highest BCUT2D eigenvalue weighted by Crippen LogP contribution is 2.29. The average molecular weight is 486 g/mol. The van der Waals surface area contributed by atoms with E-state index in [4.69, 9.17) is 20.6 Å². The number of rotatable bonds is 10. The lowest BCUT2D eigenvalue weighted by atomic mass is 10.2. The average Bonchev–Trinajstić information content (AvgIpc) is 3.23. The van der Waals surface area contributed by atoms with Crippen LogP contribution in [0.1, 0.15) is 18.7 Å². The van der Waals surface area contributed by atoms with Crippen molar-refractivity contribution in [3.05, 3.63) is 54.4 Å². The number of anilines is 1. The monoisotopic (exact) mass is 485 g/mol. The van der Waals surface area contributed by atoms with Gasteiger partial charge in [-0.25, -0.2) is 18.9 Å². The zero-order valence-electron chi connectivity index (χ0n) is 19.7. The molecule has 34 heavy (non-hydrogen) atoms. The fourth-order valence-corrected chi connectivity index (χ4v) is 4.79. The molecule has 0 saturated carbocycles. The number of hydrogen-bond donors (Lipinski definition) is 4. The SMILES string of the molecule is CO.COCCc1nc2c(N)nc3ccccc3c2n1CCCCNS(=O)c1cccc([NH3+])c1. The second-order valence-corrected chi connectivity index (χ2v) is 8.95. The normalized spacial score (nSPS) is 12.0. The Morgan fingerprint density at radius 1 is 1.15 bits per heavy atom. The molecule has 0 spiro atoms. The van der Waals surface area contributed by atoms with E-state index >= 15 is 0 Å². The minimum atomic E-state index is -1.24. The van der Waals surface area contributed by atoms with Gasteiger partial charge in [-0.1, -0.05) is 24.3 Å². The standard InChI is InChI=1S/C23H28N6O2S.CH4O/c1-31-14-11-20-28-21-22(18-9-2-3-10-19(18)27-23(21)25)29(20)13-5-4-12-26-32(30)17-8-6-7-16(24)15-17;1-2/h2-3,6-10,15,26H,4-5,11-14,24H2,1H3,(H2,25,27);2H,1H3/p+1. The lowest BCUT2D eigenvalue weighted by molar-refractivity contribution is -0.255. The van der Waals surface area contributed by atoms with Crippen molar-refractivity contribution < 1.29 is 19.8 Å². The molecule has 0 saturated heterocycles. The first-order chi connectivity index (χ1) is 16.6. The predicted octanol–water partition coefficient (Wildman–Crippen LogP) is 1.93. The number of nitrogens with two attached hydrogens (primary N) is 1. The Labute approximate surface area is 201 Å². The number of aryl methyl sites for hydroxylation is 1. The molecule has 10 heteroatoms. The summed E-state index contributed by atoms with van der Waals surface area (Å²) in [5.41, 5.74) is 13.6. The fourth-order valence-electron chi connectivity index (χ4n) is 3.83. The summed E-state index contributed by atoms with van der Waals surface area (Å²) in [5.74, 6) is 1.39. The second kappa shape index (κ2) is 12.5. The summed E-state index contributed by atoms with van der Waals surface area (Å²) in [7, 11) is 1.45. The molecule has 0 aliphatic heterocycles. The number of aromatic nitrogens is 3. The van der Waals surface area contributed by atoms with E-state index in [9.17, 15) is 4.21 Å². The smallest absolute Gasteiger partial charge is 0.152 e. The number of nitrogens with one attached hydrogen (secondary N) is 1. The second-order valence-electron chi connectivity index (χ2n) is 7.65. The number of para-hydroxylation sites is 1. The third-order valence-electron chi connectivity index (χ3n) is 5.37. The Morgan fingerprint density at radius 2 is 1.94 bits per heavy atom. The zero-order chi connectivity index (χ0) is 24.5. The van der Waals surface area contributed by atoms with Gasteiger partial charge in [-0.3, -0.25) is 0 Å². The van der Waals surface area contributed by atoms with Crippen molar-refractivity contribution in [2.24, 2.45) is 0 Å². The van der Waals surface area contributed by atoms with Gasteiger partial charge in [-0.15, -0.1) is 0 Å². The van der Waals surface area contributed by atoms with Crippen LogP contribution in [0.4, 0.5) is 11.5 Å². The van der Waals surface area contributed by atoms with E-state index < -0.39 is 11.0 Å². The topological polar surface area (TPSA) is 143 Å². The number of nitrogen functional groups attached to an aromatic ring is 1. The van der Waals surface area contributed by atoms with Gasteiger partial charge in [0, 0.05) is 45.2 Å². The van der Waals surface area contributed by atoms with Gasteiger partial charge in [0.1, 0.15) is 28.0 Å². The van der Waals surface area contributed by atoms with Crippen LogP contribution in [0.5, 0.6) is 0 Å². The largest absolute Gasteiger partial charge is 0.400 e. The number of pyridine rings is 1. The molecule has 0 aliphatic carbocycles. The van der Waals surface area contributed by atoms with E-state index in [0.29, 0.717) is 25.4 Å². The predicted molar refractivity (Wildman–Crippen MR) is 136 cm³/mol. The third kappa shape index (κ3) is 5.96. The van der Waals surface area contributed by atoms with E-state index in [-0.39, 0.29) is 0 Å². The summed E-state index contributed by atoms with van der Waals surface area (Å²) < 4.78 is 23.1. The molecule has 4 rings (SSSR count). The third-order valence-corrected chi connectivity index (χ3v) is 6.52. The number of methoxy groups -OCH3 is 1. The maximum absolute atomic E-state index is 12.4. The molecule has 9 nitrogen and oxygen atoms in total. The van der Waals surface area contributed by atoms with Gasteiger partial charge in [-0.2, -0.15) is 0 Å². The number of benzene rings is 2. The molecule has 2 aromatic heterocycles. The van der Waals surface area contributed by atoms with Gasteiger partial charge in [0.15, 0.2) is 5.82 Å². The van der Waals surface area contributed by atoms with Crippen LogP contribution in [0.25, 0.3) is 21.9 Å². The summed E-state index contributed by atoms with van der Waals surface area (Å²) in [6, 6.07) is 15.4. The van der Waals surface area contributed by atoms with Gasteiger partial charge in [0.25, 0.3) is 0 Å². The first-order valence-electron chi connectivity index (χ1n) is 11.1. The lowest BCUT2D eigenvalue weighted by Gasteiger charge is -2.11. The van der Waals surface area contributed by atoms with E-state index in [1.165, 1.54) is 0 Å². The summed E-state index contributed by atoms with van der Waals surface area (Å²) in [5, 5.41) is 8.04. The van der Waals surface area contributed by atoms with Gasteiger partial charge in [0.2, 0.25) is 0 Å². The molecule has 0 aliphatic rings. The van der Waals surface area contributed by atoms with Crippen LogP contribution in [-0.4, -0.2) is 51.2 Å². The molecule has 1 unspecified atom stereocenters. The van der Waals surface area contributed by atoms with E-state index in [0.717, 1.165) is 64.8 Å². The Bertz CT molecular complexity index is 1260. The van der Waals surface area contributed by atoms with Crippen LogP contribution in [0.15, 0.2) is 53.4 Å². The van der Waals surface area contributed by atoms with Crippen molar-refractivity contribution >= 4 is 44.4 Å². The number of quaternary nitrogens is 1. The minimum Gasteiger partial charge on any atom is -0.400 e. The summed E-state index contributed by atoms with van der Waals surface area (Å²) in [4.78, 5) is 10.1. The molecule has 2 aromatic carbocycles. The Hall–Kier alpha value is -2.89. The van der Waals surface area contributed by atoms with Crippen molar-refractivity contribution in [3.8, 4) is 0 Å². The van der Waals surface area contributed by atoms with Gasteiger partial charge < -0.3 is 25.9 Å². The van der Waals surface area contributed by atoms with Crippen LogP contribution in [0, 0.1) is 0 Å². The molecule has 0 bridgehead atoms. The first-order valence-corrected chi connectivity index (χ1v) is 12.3. The van der Waals surface area contributed by atoms with Gasteiger partial charge in [-0.05, 0) is 31.0 Å². The van der Waals surface area contributed by atoms with Crippen LogP contribution in [0.3, 0.4) is 0 Å². The van der Waals surface area contributed by atoms with Gasteiger partial charge >= 0.3 is 0 Å². The highest BCUT2D eigenvalue weighted by atomic mass is 32.2. The summed E-state index contributed by atoms with van der Waals surface area (Å²) >= 11 is 0. The molecule has 0 amide bonds. The van der Waals surface area contributed by atoms with Crippen molar-refractivity contribution in [1.82, 2.24) is 19.3 Å². The van der Waals surface area contributed by atoms with Crippen LogP contribution < -0.4 is 16.2 Å². The van der Waals surface area contributed by atoms with Crippen LogP contribution in [-0.2, 0) is 28.7 Å². The van der Waals surface area contributed by atoms with Crippen LogP contribution in [0.2, 0.25) is 0 Å². The van der Waals surface area contributed by atoms with Crippen LogP contribution >= 0.6 is 0 Å². The Kier molecular flexibility index (Phi) is 9.49. The van der Waals surface area contributed by atoms with E-state index in [1.54, 1.807) is 7.11 Å². The van der Waals surface area contributed by atoms with Crippen molar-refractivity contribution in [2.75, 3.05) is 33.1 Å². The summed E-state index contributed by atoms with van der Waals surface area (Å²) in [6.07, 6.45) is 2.47. The van der Waals surface area contributed by atoms with Crippen molar-refractivity contribution in [2.45, 2.75) is 30.7 Å². The Morgan fingerprint density at radius 3 is 2.71 bits per heavy atom. The number of imidazole rings is 1. The number of ether oxygens (including phenoxy) is 1. The Balaban J connectivity index is 0.00000158. The highest BCUT2D eigenvalue weighted by molar-refractivity contribution is 7.83. The minimum absolute atomic E-state index is 0.445. The molecule has 182 valence electrons. The number of nitrogens with zero attached hydrogens (tertiary/aromatic N) is 3. The van der Waals surface area contributed by atoms with Crippen molar-refractivity contribution in [1.29, 1.82) is 0 Å². The highest BCUT2D eigenvalue weighted by Gasteiger charge is 2.17. The quantitative estimate of drug-likeness (QED) is 0.253. The fraction of sp³-hybridized carbons (Fsp3) is 0.333. The van der Waals surface area contributed by atoms with Crippen molar-refractivity contribution in [3.63, 3.8) is 0 Å². The molecular weight excluding hydrogens is 452 g/mol. The maximum atomic E-state index is 12.4. The molecule has 0 radical (unpaired) electrons. The molecule has 0 fully saturated rings. The number of fused-ring (bicyclic) bond motifs is 3. The molecule has 4 aromatic rings. The molecule has 7 N–H and O–H groups in total. The summed E-state index contributed by atoms with van der Waals surface area (Å²) in [6.45, 7) is 2.02. The molecule has 2 heterocycles. The van der Waals surface area contributed by atoms with Gasteiger partial charge in [0.05, 0.1) is 22.5 Å². The van der Waals surface area contributed by atoms with E-state index in [1.807, 2.05) is 42.5 Å².